The number of piperazine rings is 1. The van der Waals surface area contributed by atoms with Gasteiger partial charge in [-0.05, 0) is 38.4 Å². The number of nitrogens with zero attached hydrogens (tertiary/aromatic N) is 3. The van der Waals surface area contributed by atoms with Crippen LogP contribution in [0.1, 0.15) is 25.5 Å². The van der Waals surface area contributed by atoms with Crippen LogP contribution in [0, 0.1) is 0 Å². The Hall–Kier alpha value is -1.13. The second-order valence-electron chi connectivity index (χ2n) is 5.63. The second-order valence-corrected chi connectivity index (χ2v) is 5.63. The summed E-state index contributed by atoms with van der Waals surface area (Å²) in [6, 6.07) is 5.03. The zero-order chi connectivity index (χ0) is 13.1. The average Bonchev–Trinajstić information content (AvgIpc) is 2.87. The molecule has 0 aromatic carbocycles. The lowest BCUT2D eigenvalue weighted by Gasteiger charge is -2.37. The van der Waals surface area contributed by atoms with Crippen molar-refractivity contribution in [1.29, 1.82) is 0 Å². The van der Waals surface area contributed by atoms with E-state index in [0.29, 0.717) is 0 Å². The summed E-state index contributed by atoms with van der Waals surface area (Å²) >= 11 is 0. The molecule has 0 aliphatic carbocycles. The van der Waals surface area contributed by atoms with Crippen molar-refractivity contribution in [2.45, 2.75) is 32.4 Å². The molecule has 2 aliphatic heterocycles. The predicted molar refractivity (Wildman–Crippen MR) is 78.3 cm³/mol. The molecule has 2 fully saturated rings. The van der Waals surface area contributed by atoms with Gasteiger partial charge in [-0.25, -0.2) is 0 Å². The summed E-state index contributed by atoms with van der Waals surface area (Å²) in [7, 11) is 0. The molecule has 1 aromatic rings. The number of fused-ring (bicyclic) bond motifs is 1. The molecule has 19 heavy (non-hydrogen) atoms. The first-order valence-corrected chi connectivity index (χ1v) is 7.50. The van der Waals surface area contributed by atoms with Crippen LogP contribution in [-0.2, 0) is 6.54 Å². The number of pyridine rings is 1. The van der Waals surface area contributed by atoms with E-state index < -0.39 is 0 Å². The molecule has 3 rings (SSSR count). The van der Waals surface area contributed by atoms with Gasteiger partial charge in [0.15, 0.2) is 0 Å². The topological polar surface area (TPSA) is 31.4 Å². The zero-order valence-corrected chi connectivity index (χ0v) is 11.8. The van der Waals surface area contributed by atoms with Crippen LogP contribution in [0.25, 0.3) is 0 Å². The van der Waals surface area contributed by atoms with Crippen LogP contribution in [-0.4, -0.2) is 53.5 Å². The molecule has 2 saturated heterocycles. The number of anilines is 1. The number of hydrogen-bond donors (Lipinski definition) is 1. The Bertz CT molecular complexity index is 420. The van der Waals surface area contributed by atoms with Crippen LogP contribution in [0.4, 0.5) is 5.69 Å². The van der Waals surface area contributed by atoms with Gasteiger partial charge in [-0.2, -0.15) is 0 Å². The highest BCUT2D eigenvalue weighted by Gasteiger charge is 2.30. The Kier molecular flexibility index (Phi) is 3.99. The lowest BCUT2D eigenvalue weighted by atomic mass is 10.1. The summed E-state index contributed by atoms with van der Waals surface area (Å²) in [5.74, 6) is 0. The fourth-order valence-corrected chi connectivity index (χ4v) is 3.31. The van der Waals surface area contributed by atoms with E-state index in [0.717, 1.165) is 19.1 Å². The van der Waals surface area contributed by atoms with Gasteiger partial charge in [-0.1, -0.05) is 0 Å². The third-order valence-electron chi connectivity index (χ3n) is 4.25. The highest BCUT2D eigenvalue weighted by atomic mass is 15.3. The maximum Gasteiger partial charge on any atom is 0.0564 e. The highest BCUT2D eigenvalue weighted by Crippen LogP contribution is 2.22. The molecule has 0 bridgehead atoms. The fourth-order valence-electron chi connectivity index (χ4n) is 3.31. The molecular formula is C15H24N4. The Morgan fingerprint density at radius 3 is 3.21 bits per heavy atom. The van der Waals surface area contributed by atoms with Gasteiger partial charge in [0, 0.05) is 50.6 Å². The van der Waals surface area contributed by atoms with Gasteiger partial charge in [0.25, 0.3) is 0 Å². The standard InChI is InChI=1S/C15H24N4/c1-2-16-13-5-6-17-14(10-13)11-18-8-9-19-7-3-4-15(19)12-18/h5-6,10,15H,2-4,7-9,11-12H2,1H3,(H,16,17). The van der Waals surface area contributed by atoms with Crippen LogP contribution < -0.4 is 5.32 Å². The molecule has 0 saturated carbocycles. The van der Waals surface area contributed by atoms with E-state index >= 15 is 0 Å². The maximum absolute atomic E-state index is 4.51. The molecule has 0 radical (unpaired) electrons. The first kappa shape index (κ1) is 12.9. The molecule has 4 nitrogen and oxygen atoms in total. The smallest absolute Gasteiger partial charge is 0.0564 e. The molecule has 1 unspecified atom stereocenters. The largest absolute Gasteiger partial charge is 0.385 e. The van der Waals surface area contributed by atoms with Crippen molar-refractivity contribution in [2.24, 2.45) is 0 Å². The number of hydrogen-bond acceptors (Lipinski definition) is 4. The van der Waals surface area contributed by atoms with Crippen molar-refractivity contribution < 1.29 is 0 Å². The number of aromatic nitrogens is 1. The average molecular weight is 260 g/mol. The van der Waals surface area contributed by atoms with E-state index in [-0.39, 0.29) is 0 Å². The van der Waals surface area contributed by atoms with Crippen LogP contribution in [0.15, 0.2) is 18.3 Å². The van der Waals surface area contributed by atoms with Crippen LogP contribution >= 0.6 is 0 Å². The fraction of sp³-hybridized carbons (Fsp3) is 0.667. The summed E-state index contributed by atoms with van der Waals surface area (Å²) in [5.41, 5.74) is 2.37. The van der Waals surface area contributed by atoms with Gasteiger partial charge in [-0.15, -0.1) is 0 Å². The Morgan fingerprint density at radius 1 is 1.37 bits per heavy atom. The van der Waals surface area contributed by atoms with E-state index in [1.54, 1.807) is 0 Å². The summed E-state index contributed by atoms with van der Waals surface area (Å²) in [6.07, 6.45) is 4.67. The monoisotopic (exact) mass is 260 g/mol. The molecule has 0 spiro atoms. The number of rotatable bonds is 4. The third-order valence-corrected chi connectivity index (χ3v) is 4.25. The second kappa shape index (κ2) is 5.88. The lowest BCUT2D eigenvalue weighted by molar-refractivity contribution is 0.0985. The lowest BCUT2D eigenvalue weighted by Crippen LogP contribution is -2.49. The van der Waals surface area contributed by atoms with E-state index in [1.807, 2.05) is 12.3 Å². The Morgan fingerprint density at radius 2 is 2.32 bits per heavy atom. The zero-order valence-electron chi connectivity index (χ0n) is 11.8. The van der Waals surface area contributed by atoms with Crippen LogP contribution in [0.3, 0.4) is 0 Å². The maximum atomic E-state index is 4.51. The van der Waals surface area contributed by atoms with Gasteiger partial charge < -0.3 is 5.32 Å². The number of nitrogens with one attached hydrogen (secondary N) is 1. The van der Waals surface area contributed by atoms with Crippen molar-refractivity contribution in [3.8, 4) is 0 Å². The molecule has 4 heteroatoms. The van der Waals surface area contributed by atoms with Crippen molar-refractivity contribution in [2.75, 3.05) is 38.0 Å². The molecule has 1 N–H and O–H groups in total. The van der Waals surface area contributed by atoms with E-state index in [9.17, 15) is 0 Å². The summed E-state index contributed by atoms with van der Waals surface area (Å²) < 4.78 is 0. The van der Waals surface area contributed by atoms with E-state index in [2.05, 4.69) is 33.1 Å². The minimum atomic E-state index is 0.797. The molecular weight excluding hydrogens is 236 g/mol. The minimum Gasteiger partial charge on any atom is -0.385 e. The van der Waals surface area contributed by atoms with Crippen LogP contribution in [0.5, 0.6) is 0 Å². The molecule has 1 aromatic heterocycles. The van der Waals surface area contributed by atoms with Crippen molar-refractivity contribution in [1.82, 2.24) is 14.8 Å². The SMILES string of the molecule is CCNc1ccnc(CN2CCN3CCCC3C2)c1. The summed E-state index contributed by atoms with van der Waals surface area (Å²) in [6.45, 7) is 9.02. The van der Waals surface area contributed by atoms with E-state index in [1.165, 1.54) is 50.4 Å². The first-order chi connectivity index (χ1) is 9.35. The normalized spacial score (nSPS) is 24.4. The molecule has 1 atom stereocenters. The Balaban J connectivity index is 1.60. The molecule has 3 heterocycles. The third kappa shape index (κ3) is 3.07. The van der Waals surface area contributed by atoms with Gasteiger partial charge in [-0.3, -0.25) is 14.8 Å². The van der Waals surface area contributed by atoms with E-state index in [4.69, 9.17) is 0 Å². The Labute approximate surface area is 115 Å². The minimum absolute atomic E-state index is 0.797. The quantitative estimate of drug-likeness (QED) is 0.894. The van der Waals surface area contributed by atoms with Crippen molar-refractivity contribution >= 4 is 5.69 Å². The summed E-state index contributed by atoms with van der Waals surface area (Å²) in [4.78, 5) is 9.72. The van der Waals surface area contributed by atoms with Gasteiger partial charge in [0.05, 0.1) is 5.69 Å². The first-order valence-electron chi connectivity index (χ1n) is 7.50. The van der Waals surface area contributed by atoms with Gasteiger partial charge in [0.2, 0.25) is 0 Å². The predicted octanol–water partition coefficient (Wildman–Crippen LogP) is 1.79. The van der Waals surface area contributed by atoms with Crippen molar-refractivity contribution in [3.63, 3.8) is 0 Å². The summed E-state index contributed by atoms with van der Waals surface area (Å²) in [5, 5.41) is 3.36. The van der Waals surface area contributed by atoms with Gasteiger partial charge in [0.1, 0.15) is 0 Å². The molecule has 0 amide bonds. The van der Waals surface area contributed by atoms with Crippen LogP contribution in [0.2, 0.25) is 0 Å². The highest BCUT2D eigenvalue weighted by molar-refractivity contribution is 5.42. The van der Waals surface area contributed by atoms with Crippen molar-refractivity contribution in [3.05, 3.63) is 24.0 Å². The molecule has 104 valence electrons. The molecule has 2 aliphatic rings. The van der Waals surface area contributed by atoms with Gasteiger partial charge >= 0.3 is 0 Å².